The molecule has 3 rings (SSSR count). The Morgan fingerprint density at radius 3 is 2.95 bits per heavy atom. The molecule has 0 bridgehead atoms. The summed E-state index contributed by atoms with van der Waals surface area (Å²) in [5.41, 5.74) is 0.835. The predicted molar refractivity (Wildman–Crippen MR) is 72.0 cm³/mol. The van der Waals surface area contributed by atoms with Gasteiger partial charge in [-0.2, -0.15) is 0 Å². The molecular weight excluding hydrogens is 258 g/mol. The largest absolute Gasteiger partial charge is 0.375 e. The lowest BCUT2D eigenvalue weighted by Crippen LogP contribution is -2.37. The van der Waals surface area contributed by atoms with Crippen LogP contribution in [-0.4, -0.2) is 55.0 Å². The fourth-order valence-electron chi connectivity index (χ4n) is 3.03. The minimum absolute atomic E-state index is 0.0392. The van der Waals surface area contributed by atoms with E-state index < -0.39 is 0 Å². The zero-order valence-corrected chi connectivity index (χ0v) is 11.4. The van der Waals surface area contributed by atoms with Crippen molar-refractivity contribution in [2.24, 2.45) is 11.8 Å². The van der Waals surface area contributed by atoms with Crippen LogP contribution in [0.5, 0.6) is 0 Å². The Hall–Kier alpha value is -1.95. The number of hydrogen-bond donors (Lipinski definition) is 0. The molecular formula is C14H17N3O3. The van der Waals surface area contributed by atoms with Gasteiger partial charge in [0.15, 0.2) is 0 Å². The number of anilines is 1. The van der Waals surface area contributed by atoms with Gasteiger partial charge in [0, 0.05) is 38.9 Å². The van der Waals surface area contributed by atoms with Gasteiger partial charge >= 0.3 is 0 Å². The molecule has 2 aliphatic rings. The molecule has 2 atom stereocenters. The summed E-state index contributed by atoms with van der Waals surface area (Å²) in [5.74, 6) is 0.179. The van der Waals surface area contributed by atoms with Crippen molar-refractivity contribution in [3.8, 4) is 0 Å². The Balaban J connectivity index is 1.70. The van der Waals surface area contributed by atoms with E-state index in [9.17, 15) is 9.59 Å². The smallest absolute Gasteiger partial charge is 0.248 e. The third-order valence-corrected chi connectivity index (χ3v) is 4.02. The number of pyridine rings is 1. The highest BCUT2D eigenvalue weighted by molar-refractivity contribution is 5.98. The minimum atomic E-state index is -0.0870. The summed E-state index contributed by atoms with van der Waals surface area (Å²) in [6, 6.07) is 3.71. The highest BCUT2D eigenvalue weighted by atomic mass is 16.5. The lowest BCUT2D eigenvalue weighted by Gasteiger charge is -2.21. The average Bonchev–Trinajstić information content (AvgIpc) is 3.00. The zero-order chi connectivity index (χ0) is 14.1. The van der Waals surface area contributed by atoms with E-state index in [2.05, 4.69) is 4.98 Å². The van der Waals surface area contributed by atoms with Gasteiger partial charge in [-0.05, 0) is 12.1 Å². The summed E-state index contributed by atoms with van der Waals surface area (Å²) >= 11 is 0. The van der Waals surface area contributed by atoms with E-state index in [0.29, 0.717) is 19.6 Å². The van der Waals surface area contributed by atoms with Crippen LogP contribution < -0.4 is 4.90 Å². The molecule has 0 radical (unpaired) electrons. The van der Waals surface area contributed by atoms with E-state index in [1.165, 1.54) is 7.11 Å². The van der Waals surface area contributed by atoms with Gasteiger partial charge in [0.25, 0.3) is 0 Å². The van der Waals surface area contributed by atoms with Crippen LogP contribution in [0.2, 0.25) is 0 Å². The molecule has 2 fully saturated rings. The molecule has 0 aliphatic carbocycles. The lowest BCUT2D eigenvalue weighted by molar-refractivity contribution is -0.134. The molecule has 106 valence electrons. The van der Waals surface area contributed by atoms with Gasteiger partial charge in [0.1, 0.15) is 6.61 Å². The van der Waals surface area contributed by atoms with Crippen molar-refractivity contribution in [1.29, 1.82) is 0 Å². The van der Waals surface area contributed by atoms with Crippen molar-refractivity contribution in [1.82, 2.24) is 9.88 Å². The highest BCUT2D eigenvalue weighted by Crippen LogP contribution is 2.34. The number of ether oxygens (including phenoxy) is 1. The van der Waals surface area contributed by atoms with E-state index in [1.807, 2.05) is 12.1 Å². The van der Waals surface area contributed by atoms with E-state index in [1.54, 1.807) is 22.2 Å². The first-order valence-electron chi connectivity index (χ1n) is 6.69. The second-order valence-corrected chi connectivity index (χ2v) is 5.26. The first kappa shape index (κ1) is 13.1. The molecule has 0 saturated carbocycles. The van der Waals surface area contributed by atoms with Crippen LogP contribution in [0.3, 0.4) is 0 Å². The molecule has 20 heavy (non-hydrogen) atoms. The SMILES string of the molecule is COCC(=O)N1C[C@@H]2CN(c3cccnc3)C(=O)[C@@H]2C1. The number of aromatic nitrogens is 1. The molecule has 6 nitrogen and oxygen atoms in total. The fourth-order valence-corrected chi connectivity index (χ4v) is 3.03. The normalized spacial score (nSPS) is 25.1. The van der Waals surface area contributed by atoms with E-state index in [0.717, 1.165) is 5.69 Å². The van der Waals surface area contributed by atoms with E-state index >= 15 is 0 Å². The van der Waals surface area contributed by atoms with Crippen LogP contribution in [-0.2, 0) is 14.3 Å². The zero-order valence-electron chi connectivity index (χ0n) is 11.4. The number of hydrogen-bond acceptors (Lipinski definition) is 4. The number of amides is 2. The van der Waals surface area contributed by atoms with Crippen LogP contribution in [0.15, 0.2) is 24.5 Å². The highest BCUT2D eigenvalue weighted by Gasteiger charge is 2.47. The molecule has 1 aromatic rings. The Kier molecular flexibility index (Phi) is 3.40. The van der Waals surface area contributed by atoms with Crippen LogP contribution >= 0.6 is 0 Å². The minimum Gasteiger partial charge on any atom is -0.375 e. The Morgan fingerprint density at radius 2 is 2.30 bits per heavy atom. The molecule has 0 unspecified atom stereocenters. The molecule has 0 aromatic carbocycles. The molecule has 6 heteroatoms. The third kappa shape index (κ3) is 2.16. The van der Waals surface area contributed by atoms with Crippen molar-refractivity contribution >= 4 is 17.5 Å². The molecule has 1 aromatic heterocycles. The number of likely N-dealkylation sites (tertiary alicyclic amines) is 1. The van der Waals surface area contributed by atoms with E-state index in [4.69, 9.17) is 4.74 Å². The topological polar surface area (TPSA) is 62.7 Å². The summed E-state index contributed by atoms with van der Waals surface area (Å²) in [5, 5.41) is 0. The molecule has 2 amide bonds. The number of fused-ring (bicyclic) bond motifs is 1. The number of nitrogens with zero attached hydrogens (tertiary/aromatic N) is 3. The summed E-state index contributed by atoms with van der Waals surface area (Å²) in [6.07, 6.45) is 3.39. The van der Waals surface area contributed by atoms with Crippen molar-refractivity contribution in [2.45, 2.75) is 0 Å². The number of methoxy groups -OCH3 is 1. The quantitative estimate of drug-likeness (QED) is 0.787. The van der Waals surface area contributed by atoms with Gasteiger partial charge in [-0.15, -0.1) is 0 Å². The van der Waals surface area contributed by atoms with Crippen molar-refractivity contribution in [3.63, 3.8) is 0 Å². The van der Waals surface area contributed by atoms with Gasteiger partial charge < -0.3 is 14.5 Å². The Morgan fingerprint density at radius 1 is 1.45 bits per heavy atom. The van der Waals surface area contributed by atoms with Crippen molar-refractivity contribution < 1.29 is 14.3 Å². The third-order valence-electron chi connectivity index (χ3n) is 4.02. The van der Waals surface area contributed by atoms with Crippen molar-refractivity contribution in [2.75, 3.05) is 38.3 Å². The van der Waals surface area contributed by atoms with Gasteiger partial charge in [-0.3, -0.25) is 14.6 Å². The second-order valence-electron chi connectivity index (χ2n) is 5.26. The fraction of sp³-hybridized carbons (Fsp3) is 0.500. The molecule has 2 aliphatic heterocycles. The summed E-state index contributed by atoms with van der Waals surface area (Å²) in [6.45, 7) is 1.88. The van der Waals surface area contributed by atoms with E-state index in [-0.39, 0.29) is 30.3 Å². The summed E-state index contributed by atoms with van der Waals surface area (Å²) in [7, 11) is 1.50. The number of carbonyl (C=O) groups is 2. The van der Waals surface area contributed by atoms with Gasteiger partial charge in [0.2, 0.25) is 11.8 Å². The molecule has 3 heterocycles. The standard InChI is InChI=1S/C14H17N3O3/c1-20-9-13(18)16-6-10-7-17(14(19)12(10)8-16)11-3-2-4-15-5-11/h2-5,10,12H,6-9H2,1H3/t10-,12-/m1/s1. The maximum atomic E-state index is 12.4. The first-order chi connectivity index (χ1) is 9.70. The molecule has 2 saturated heterocycles. The predicted octanol–water partition coefficient (Wildman–Crippen LogP) is 0.149. The number of rotatable bonds is 3. The monoisotopic (exact) mass is 275 g/mol. The van der Waals surface area contributed by atoms with Gasteiger partial charge in [-0.25, -0.2) is 0 Å². The van der Waals surface area contributed by atoms with Crippen LogP contribution in [0.4, 0.5) is 5.69 Å². The Labute approximate surface area is 117 Å². The van der Waals surface area contributed by atoms with Gasteiger partial charge in [0.05, 0.1) is 17.8 Å². The van der Waals surface area contributed by atoms with Crippen molar-refractivity contribution in [3.05, 3.63) is 24.5 Å². The molecule has 0 spiro atoms. The lowest BCUT2D eigenvalue weighted by atomic mass is 10.0. The van der Waals surface area contributed by atoms with Gasteiger partial charge in [-0.1, -0.05) is 0 Å². The van der Waals surface area contributed by atoms with Crippen LogP contribution in [0, 0.1) is 11.8 Å². The molecule has 0 N–H and O–H groups in total. The Bertz CT molecular complexity index is 520. The second kappa shape index (κ2) is 5.20. The summed E-state index contributed by atoms with van der Waals surface area (Å²) in [4.78, 5) is 31.8. The maximum Gasteiger partial charge on any atom is 0.248 e. The number of carbonyl (C=O) groups excluding carboxylic acids is 2. The van der Waals surface area contributed by atoms with Crippen LogP contribution in [0.1, 0.15) is 0 Å². The first-order valence-corrected chi connectivity index (χ1v) is 6.69. The average molecular weight is 275 g/mol. The maximum absolute atomic E-state index is 12.4. The van der Waals surface area contributed by atoms with Crippen LogP contribution in [0.25, 0.3) is 0 Å². The summed E-state index contributed by atoms with van der Waals surface area (Å²) < 4.78 is 4.86.